The number of rotatable bonds is 6. The van der Waals surface area contributed by atoms with Crippen molar-refractivity contribution in [2.24, 2.45) is 17.8 Å². The van der Waals surface area contributed by atoms with Gasteiger partial charge in [-0.2, -0.15) is 0 Å². The Labute approximate surface area is 159 Å². The third-order valence-corrected chi connectivity index (χ3v) is 7.40. The minimum atomic E-state index is -0.475. The van der Waals surface area contributed by atoms with Crippen molar-refractivity contribution in [2.75, 3.05) is 18.1 Å². The lowest BCUT2D eigenvalue weighted by molar-refractivity contribution is -0.136. The van der Waals surface area contributed by atoms with Crippen molar-refractivity contribution in [3.63, 3.8) is 0 Å². The van der Waals surface area contributed by atoms with Crippen LogP contribution in [0.2, 0.25) is 0 Å². The van der Waals surface area contributed by atoms with E-state index in [1.807, 2.05) is 0 Å². The SMILES string of the molecule is CCCSc1nc(NC)ncc1C(=O)N[C@H]1C2CC3CC1C[C@@](O)(C3)C2. The Hall–Kier alpha value is -1.34. The van der Waals surface area contributed by atoms with Crippen LogP contribution in [0.4, 0.5) is 5.95 Å². The fourth-order valence-electron chi connectivity index (χ4n) is 5.40. The van der Waals surface area contributed by atoms with Gasteiger partial charge in [-0.05, 0) is 62.0 Å². The summed E-state index contributed by atoms with van der Waals surface area (Å²) in [6.07, 6.45) is 7.55. The summed E-state index contributed by atoms with van der Waals surface area (Å²) in [6, 6.07) is 0.173. The second kappa shape index (κ2) is 7.00. The molecule has 6 nitrogen and oxygen atoms in total. The standard InChI is InChI=1S/C19H28N4O2S/c1-3-4-26-17-14(10-21-18(20-2)23-17)16(24)22-15-12-5-11-6-13(15)9-19(25,7-11)8-12/h10-13,15,25H,3-9H2,1-2H3,(H,22,24)(H,20,21,23)/t11?,12?,13?,15-,19+. The molecule has 26 heavy (non-hydrogen) atoms. The molecule has 3 N–H and O–H groups in total. The Kier molecular flexibility index (Phi) is 4.86. The molecule has 1 aromatic heterocycles. The van der Waals surface area contributed by atoms with Crippen molar-refractivity contribution in [3.8, 4) is 0 Å². The topological polar surface area (TPSA) is 87.1 Å². The summed E-state index contributed by atoms with van der Waals surface area (Å²) >= 11 is 1.60. The molecule has 4 aliphatic rings. The van der Waals surface area contributed by atoms with E-state index in [1.54, 1.807) is 25.0 Å². The molecule has 1 amide bonds. The molecule has 142 valence electrons. The van der Waals surface area contributed by atoms with Crippen LogP contribution in [-0.2, 0) is 0 Å². The van der Waals surface area contributed by atoms with Gasteiger partial charge in [-0.25, -0.2) is 9.97 Å². The molecular formula is C19H28N4O2S. The smallest absolute Gasteiger partial charge is 0.255 e. The van der Waals surface area contributed by atoms with Crippen LogP contribution in [0.1, 0.15) is 55.8 Å². The van der Waals surface area contributed by atoms with Crippen LogP contribution < -0.4 is 10.6 Å². The van der Waals surface area contributed by atoms with Crippen LogP contribution in [-0.4, -0.2) is 45.4 Å². The Bertz CT molecular complexity index is 682. The summed E-state index contributed by atoms with van der Waals surface area (Å²) in [5.74, 6) is 2.83. The number of thioether (sulfide) groups is 1. The average molecular weight is 377 g/mol. The van der Waals surface area contributed by atoms with Crippen LogP contribution in [0.5, 0.6) is 0 Å². The van der Waals surface area contributed by atoms with Crippen molar-refractivity contribution < 1.29 is 9.90 Å². The first-order valence-electron chi connectivity index (χ1n) is 9.72. The van der Waals surface area contributed by atoms with Gasteiger partial charge in [-0.1, -0.05) is 6.92 Å². The lowest BCUT2D eigenvalue weighted by Crippen LogP contribution is -2.61. The first-order chi connectivity index (χ1) is 12.5. The third-order valence-electron chi connectivity index (χ3n) is 6.20. The highest BCUT2D eigenvalue weighted by Crippen LogP contribution is 2.55. The molecule has 0 radical (unpaired) electrons. The van der Waals surface area contributed by atoms with Gasteiger partial charge in [0.15, 0.2) is 0 Å². The van der Waals surface area contributed by atoms with Gasteiger partial charge in [0.05, 0.1) is 11.2 Å². The van der Waals surface area contributed by atoms with Gasteiger partial charge in [0, 0.05) is 19.3 Å². The van der Waals surface area contributed by atoms with Crippen molar-refractivity contribution in [1.29, 1.82) is 0 Å². The van der Waals surface area contributed by atoms with Gasteiger partial charge in [-0.3, -0.25) is 4.79 Å². The monoisotopic (exact) mass is 376 g/mol. The second-order valence-electron chi connectivity index (χ2n) is 8.20. The van der Waals surface area contributed by atoms with E-state index in [0.717, 1.165) is 49.3 Å². The van der Waals surface area contributed by atoms with E-state index in [0.29, 0.717) is 29.3 Å². The zero-order valence-electron chi connectivity index (χ0n) is 15.5. The van der Waals surface area contributed by atoms with E-state index < -0.39 is 5.60 Å². The lowest BCUT2D eigenvalue weighted by Gasteiger charge is -2.58. The summed E-state index contributed by atoms with van der Waals surface area (Å²) in [7, 11) is 1.78. The van der Waals surface area contributed by atoms with Crippen molar-refractivity contribution in [3.05, 3.63) is 11.8 Å². The fraction of sp³-hybridized carbons (Fsp3) is 0.737. The highest BCUT2D eigenvalue weighted by Gasteiger charge is 2.55. The van der Waals surface area contributed by atoms with Gasteiger partial charge in [0.2, 0.25) is 5.95 Å². The van der Waals surface area contributed by atoms with Gasteiger partial charge in [0.25, 0.3) is 5.91 Å². The van der Waals surface area contributed by atoms with Crippen LogP contribution >= 0.6 is 11.8 Å². The molecule has 2 unspecified atom stereocenters. The maximum atomic E-state index is 13.0. The van der Waals surface area contributed by atoms with Gasteiger partial charge < -0.3 is 15.7 Å². The van der Waals surface area contributed by atoms with Crippen LogP contribution in [0.15, 0.2) is 11.2 Å². The second-order valence-corrected chi connectivity index (χ2v) is 9.29. The van der Waals surface area contributed by atoms with Crippen molar-refractivity contribution in [1.82, 2.24) is 15.3 Å². The van der Waals surface area contributed by atoms with Gasteiger partial charge >= 0.3 is 0 Å². The van der Waals surface area contributed by atoms with E-state index in [4.69, 9.17) is 0 Å². The summed E-state index contributed by atoms with van der Waals surface area (Å²) in [5.41, 5.74) is 0.0900. The average Bonchev–Trinajstić information content (AvgIpc) is 2.61. The third kappa shape index (κ3) is 3.31. The number of hydrogen-bond acceptors (Lipinski definition) is 6. The number of nitrogens with zero attached hydrogens (tertiary/aromatic N) is 2. The lowest BCUT2D eigenvalue weighted by atomic mass is 9.52. The summed E-state index contributed by atoms with van der Waals surface area (Å²) in [4.78, 5) is 21.7. The molecule has 7 heteroatoms. The Morgan fingerprint density at radius 1 is 1.35 bits per heavy atom. The number of anilines is 1. The van der Waals surface area contributed by atoms with Crippen LogP contribution in [0.3, 0.4) is 0 Å². The fourth-order valence-corrected chi connectivity index (χ4v) is 6.25. The molecule has 1 heterocycles. The van der Waals surface area contributed by atoms with Crippen LogP contribution in [0.25, 0.3) is 0 Å². The van der Waals surface area contributed by atoms with E-state index >= 15 is 0 Å². The number of carbonyl (C=O) groups is 1. The van der Waals surface area contributed by atoms with Gasteiger partial charge in [-0.15, -0.1) is 11.8 Å². The minimum Gasteiger partial charge on any atom is -0.390 e. The highest BCUT2D eigenvalue weighted by atomic mass is 32.2. The highest BCUT2D eigenvalue weighted by molar-refractivity contribution is 7.99. The molecule has 4 bridgehead atoms. The molecule has 4 aliphatic carbocycles. The first kappa shape index (κ1) is 18.0. The Balaban J connectivity index is 1.52. The van der Waals surface area contributed by atoms with E-state index in [2.05, 4.69) is 27.5 Å². The van der Waals surface area contributed by atoms with E-state index in [9.17, 15) is 9.90 Å². The Morgan fingerprint density at radius 3 is 2.69 bits per heavy atom. The molecular weight excluding hydrogens is 348 g/mol. The van der Waals surface area contributed by atoms with E-state index in [-0.39, 0.29) is 11.9 Å². The number of aliphatic hydroxyl groups is 1. The Morgan fingerprint density at radius 2 is 2.08 bits per heavy atom. The van der Waals surface area contributed by atoms with Gasteiger partial charge in [0.1, 0.15) is 5.03 Å². The predicted octanol–water partition coefficient (Wildman–Crippen LogP) is 2.69. The number of aromatic nitrogens is 2. The first-order valence-corrected chi connectivity index (χ1v) is 10.7. The molecule has 4 fully saturated rings. The molecule has 0 aliphatic heterocycles. The number of carbonyl (C=O) groups excluding carboxylic acids is 1. The summed E-state index contributed by atoms with van der Waals surface area (Å²) < 4.78 is 0. The normalized spacial score (nSPS) is 34.7. The van der Waals surface area contributed by atoms with Crippen molar-refractivity contribution >= 4 is 23.6 Å². The zero-order chi connectivity index (χ0) is 18.3. The molecule has 4 saturated carbocycles. The van der Waals surface area contributed by atoms with Crippen LogP contribution in [0, 0.1) is 17.8 Å². The quantitative estimate of drug-likeness (QED) is 0.523. The van der Waals surface area contributed by atoms with E-state index in [1.165, 1.54) is 0 Å². The number of amides is 1. The minimum absolute atomic E-state index is 0.0734. The molecule has 2 atom stereocenters. The zero-order valence-corrected chi connectivity index (χ0v) is 16.3. The maximum absolute atomic E-state index is 13.0. The summed E-state index contributed by atoms with van der Waals surface area (Å²) in [6.45, 7) is 2.12. The molecule has 0 aromatic carbocycles. The molecule has 5 rings (SSSR count). The molecule has 0 spiro atoms. The maximum Gasteiger partial charge on any atom is 0.255 e. The molecule has 1 aromatic rings. The largest absolute Gasteiger partial charge is 0.390 e. The van der Waals surface area contributed by atoms with Crippen molar-refractivity contribution in [2.45, 2.75) is 62.1 Å². The predicted molar refractivity (Wildman–Crippen MR) is 102 cm³/mol. The number of nitrogens with one attached hydrogen (secondary N) is 2. The number of hydrogen-bond donors (Lipinski definition) is 3. The summed E-state index contributed by atoms with van der Waals surface area (Å²) in [5, 5.41) is 17.7. The molecule has 0 saturated heterocycles.